The topological polar surface area (TPSA) is 89.9 Å². The second-order valence-corrected chi connectivity index (χ2v) is 11.8. The first-order valence-electron chi connectivity index (χ1n) is 15.5. The molecule has 2 atom stereocenters. The van der Waals surface area contributed by atoms with Crippen molar-refractivity contribution in [3.8, 4) is 0 Å². The number of ether oxygens (including phenoxy) is 5. The molecule has 0 aromatic heterocycles. The summed E-state index contributed by atoms with van der Waals surface area (Å²) in [7, 11) is 0. The van der Waals surface area contributed by atoms with Gasteiger partial charge in [-0.2, -0.15) is 61.5 Å². The third kappa shape index (κ3) is 19.7. The van der Waals surface area contributed by atoms with Crippen molar-refractivity contribution in [3.63, 3.8) is 0 Å². The summed E-state index contributed by atoms with van der Waals surface area (Å²) in [5, 5.41) is 9.33. The highest BCUT2D eigenvalue weighted by Crippen LogP contribution is 2.46. The highest BCUT2D eigenvalue weighted by Gasteiger charge is 2.62. The van der Waals surface area contributed by atoms with Gasteiger partial charge in [0.2, 0.25) is 0 Å². The minimum atomic E-state index is -5.47. The van der Waals surface area contributed by atoms with Gasteiger partial charge in [0.15, 0.2) is 0 Å². The molecule has 0 spiro atoms. The number of aliphatic hydroxyl groups is 1. The average Bonchev–Trinajstić information content (AvgIpc) is 2.95. The van der Waals surface area contributed by atoms with E-state index in [1.807, 2.05) is 9.80 Å². The van der Waals surface area contributed by atoms with Gasteiger partial charge in [-0.3, -0.25) is 14.6 Å². The Labute approximate surface area is 284 Å². The van der Waals surface area contributed by atoms with Crippen molar-refractivity contribution >= 4 is 5.97 Å². The maximum Gasteiger partial charge on any atom is 0.395 e. The number of carbonyl (C=O) groups is 1. The maximum absolute atomic E-state index is 13.7. The van der Waals surface area contributed by atoms with Crippen LogP contribution >= 0.6 is 0 Å². The number of halogens is 14. The third-order valence-corrected chi connectivity index (χ3v) is 7.15. The van der Waals surface area contributed by atoms with Gasteiger partial charge in [-0.25, -0.2) is 0 Å². The van der Waals surface area contributed by atoms with Gasteiger partial charge in [0.25, 0.3) is 0 Å². The van der Waals surface area contributed by atoms with Crippen LogP contribution in [0.3, 0.4) is 0 Å². The lowest BCUT2D eigenvalue weighted by Crippen LogP contribution is -2.47. The molecule has 0 radical (unpaired) electrons. The molecule has 2 rings (SSSR count). The van der Waals surface area contributed by atoms with Gasteiger partial charge in [-0.15, -0.1) is 0 Å². The summed E-state index contributed by atoms with van der Waals surface area (Å²) in [5.74, 6) is -21.7. The Balaban J connectivity index is 0.000000514. The number of esters is 1. The standard InChI is InChI=1S/C15H22F7NO4.C13H20F7NO3/c1-11(24)27-12(9-26-7-4-23-2-5-25-6-3-23)8-13(16,17)14(18,19)10-15(20,21)22;14-11(15,12(16,17)9-13(18,19)20)7-10(22)8-24-6-3-21-1-4-23-5-2-21/h12H,2-10H2,1H3;10,22H,1-9H2. The fourth-order valence-corrected chi connectivity index (χ4v) is 4.54. The van der Waals surface area contributed by atoms with Crippen LogP contribution in [0, 0.1) is 0 Å². The van der Waals surface area contributed by atoms with Gasteiger partial charge in [-0.1, -0.05) is 0 Å². The second-order valence-electron chi connectivity index (χ2n) is 11.8. The SMILES string of the molecule is CC(=O)OC(COCCN1CCOCC1)CC(F)(F)C(F)(F)CC(F)(F)F.OC(COCCN1CCOCC1)CC(F)(F)C(F)(F)CC(F)(F)F. The fourth-order valence-electron chi connectivity index (χ4n) is 4.54. The first kappa shape index (κ1) is 47.2. The number of morpholine rings is 2. The Morgan fingerprint density at radius 1 is 0.627 bits per heavy atom. The number of rotatable bonds is 19. The molecule has 0 aromatic rings. The molecule has 0 aliphatic carbocycles. The summed E-state index contributed by atoms with van der Waals surface area (Å²) in [4.78, 5) is 14.9. The molecule has 0 saturated carbocycles. The van der Waals surface area contributed by atoms with Crippen LogP contribution in [0.4, 0.5) is 61.5 Å². The molecule has 51 heavy (non-hydrogen) atoms. The van der Waals surface area contributed by atoms with Crippen LogP contribution in [0.5, 0.6) is 0 Å². The zero-order valence-corrected chi connectivity index (χ0v) is 27.5. The molecule has 0 bridgehead atoms. The highest BCUT2D eigenvalue weighted by atomic mass is 19.4. The molecule has 0 aromatic carbocycles. The van der Waals surface area contributed by atoms with Crippen molar-refractivity contribution in [2.75, 3.05) is 92.1 Å². The molecule has 2 saturated heterocycles. The lowest BCUT2D eigenvalue weighted by Gasteiger charge is -2.30. The summed E-state index contributed by atoms with van der Waals surface area (Å²) >= 11 is 0. The molecule has 1 N–H and O–H groups in total. The summed E-state index contributed by atoms with van der Waals surface area (Å²) in [6.07, 6.45) is -24.2. The predicted molar refractivity (Wildman–Crippen MR) is 148 cm³/mol. The Morgan fingerprint density at radius 2 is 1.00 bits per heavy atom. The van der Waals surface area contributed by atoms with Gasteiger partial charge in [-0.05, 0) is 0 Å². The van der Waals surface area contributed by atoms with Crippen LogP contribution in [-0.2, 0) is 28.5 Å². The van der Waals surface area contributed by atoms with Crippen LogP contribution in [0.25, 0.3) is 0 Å². The summed E-state index contributed by atoms with van der Waals surface area (Å²) in [6, 6.07) is 0. The van der Waals surface area contributed by atoms with Crippen LogP contribution in [0.1, 0.15) is 32.6 Å². The quantitative estimate of drug-likeness (QED) is 0.108. The van der Waals surface area contributed by atoms with Crippen molar-refractivity contribution < 1.29 is 95.1 Å². The van der Waals surface area contributed by atoms with E-state index in [0.717, 1.165) is 6.92 Å². The minimum absolute atomic E-state index is 0.0439. The molecule has 2 fully saturated rings. The van der Waals surface area contributed by atoms with Crippen LogP contribution < -0.4 is 0 Å². The van der Waals surface area contributed by atoms with Crippen molar-refractivity contribution in [1.29, 1.82) is 0 Å². The first-order chi connectivity index (χ1) is 23.3. The Hall–Kier alpha value is -1.79. The highest BCUT2D eigenvalue weighted by molar-refractivity contribution is 5.66. The minimum Gasteiger partial charge on any atom is -0.460 e. The zero-order valence-electron chi connectivity index (χ0n) is 27.5. The number of aliphatic hydroxyl groups excluding tert-OH is 1. The average molecular weight is 785 g/mol. The molecule has 2 aliphatic heterocycles. The molecular weight excluding hydrogens is 742 g/mol. The van der Waals surface area contributed by atoms with Crippen molar-refractivity contribution in [1.82, 2.24) is 9.80 Å². The number of alkyl halides is 14. The zero-order chi connectivity index (χ0) is 39.2. The molecule has 0 amide bonds. The van der Waals surface area contributed by atoms with E-state index in [4.69, 9.17) is 18.9 Å². The molecule has 2 unspecified atom stereocenters. The van der Waals surface area contributed by atoms with Gasteiger partial charge in [0.05, 0.1) is 65.4 Å². The summed E-state index contributed by atoms with van der Waals surface area (Å²) < 4.78 is 204. The number of hydrogen-bond acceptors (Lipinski definition) is 9. The van der Waals surface area contributed by atoms with E-state index < -0.39 is 93.1 Å². The van der Waals surface area contributed by atoms with Gasteiger partial charge < -0.3 is 28.8 Å². The Morgan fingerprint density at radius 3 is 1.37 bits per heavy atom. The third-order valence-electron chi connectivity index (χ3n) is 7.15. The number of hydrogen-bond donors (Lipinski definition) is 1. The van der Waals surface area contributed by atoms with E-state index in [1.165, 1.54) is 0 Å². The lowest BCUT2D eigenvalue weighted by molar-refractivity contribution is -0.272. The molecule has 2 heterocycles. The van der Waals surface area contributed by atoms with E-state index in [2.05, 4.69) is 4.74 Å². The van der Waals surface area contributed by atoms with Gasteiger partial charge >= 0.3 is 42.0 Å². The van der Waals surface area contributed by atoms with E-state index >= 15 is 0 Å². The van der Waals surface area contributed by atoms with Crippen molar-refractivity contribution in [3.05, 3.63) is 0 Å². The Bertz CT molecular complexity index is 994. The van der Waals surface area contributed by atoms with E-state index in [9.17, 15) is 71.4 Å². The van der Waals surface area contributed by atoms with E-state index in [1.54, 1.807) is 0 Å². The van der Waals surface area contributed by atoms with E-state index in [0.29, 0.717) is 65.7 Å². The van der Waals surface area contributed by atoms with Crippen molar-refractivity contribution in [2.45, 2.75) is 80.9 Å². The summed E-state index contributed by atoms with van der Waals surface area (Å²) in [6.45, 7) is 5.27. The summed E-state index contributed by atoms with van der Waals surface area (Å²) in [5.41, 5.74) is 0. The van der Waals surface area contributed by atoms with Gasteiger partial charge in [0.1, 0.15) is 18.9 Å². The molecule has 9 nitrogen and oxygen atoms in total. The normalized spacial score (nSPS) is 18.9. The van der Waals surface area contributed by atoms with Crippen LogP contribution in [0.15, 0.2) is 0 Å². The smallest absolute Gasteiger partial charge is 0.395 e. The molecule has 2 aliphatic rings. The van der Waals surface area contributed by atoms with Crippen molar-refractivity contribution in [2.24, 2.45) is 0 Å². The van der Waals surface area contributed by atoms with Crippen LogP contribution in [0.2, 0.25) is 0 Å². The monoisotopic (exact) mass is 784 g/mol. The lowest BCUT2D eigenvalue weighted by atomic mass is 10.0. The first-order valence-corrected chi connectivity index (χ1v) is 15.5. The fraction of sp³-hybridized carbons (Fsp3) is 0.964. The van der Waals surface area contributed by atoms with Gasteiger partial charge in [0, 0.05) is 52.6 Å². The molecule has 23 heteroatoms. The molecule has 304 valence electrons. The van der Waals surface area contributed by atoms with E-state index in [-0.39, 0.29) is 13.2 Å². The molecular formula is C28H42F14N2O7. The number of nitrogens with zero attached hydrogens (tertiary/aromatic N) is 2. The Kier molecular flexibility index (Phi) is 19.1. The second kappa shape index (κ2) is 20.6. The predicted octanol–water partition coefficient (Wildman–Crippen LogP) is 5.19. The largest absolute Gasteiger partial charge is 0.460 e. The maximum atomic E-state index is 13.7. The van der Waals surface area contributed by atoms with Crippen LogP contribution in [-0.4, -0.2) is 161 Å². The number of carbonyl (C=O) groups excluding carboxylic acids is 1.